The number of carbonyl (C=O) groups is 1. The highest BCUT2D eigenvalue weighted by Crippen LogP contribution is 2.32. The minimum atomic E-state index is -0.966. The second-order valence-corrected chi connectivity index (χ2v) is 7.95. The lowest BCUT2D eigenvalue weighted by molar-refractivity contribution is -0.184. The molecule has 2 aliphatic rings. The van der Waals surface area contributed by atoms with E-state index in [1.54, 1.807) is 19.1 Å². The number of amides is 1. The van der Waals surface area contributed by atoms with Gasteiger partial charge in [0.05, 0.1) is 13.2 Å². The molecule has 0 saturated carbocycles. The fraction of sp³-hybridized carbons (Fsp3) is 0.435. The van der Waals surface area contributed by atoms with Crippen molar-refractivity contribution in [3.63, 3.8) is 0 Å². The average molecular weight is 383 g/mol. The van der Waals surface area contributed by atoms with Gasteiger partial charge < -0.3 is 14.7 Å². The van der Waals surface area contributed by atoms with E-state index >= 15 is 0 Å². The van der Waals surface area contributed by atoms with E-state index < -0.39 is 11.8 Å². The van der Waals surface area contributed by atoms with Crippen LogP contribution >= 0.6 is 0 Å². The van der Waals surface area contributed by atoms with E-state index in [0.29, 0.717) is 30.1 Å². The number of likely N-dealkylation sites (tertiary alicyclic amines) is 1. The standard InChI is InChI=1S/C23H26FNO3/c1-16(24)17-5-7-18(8-6-17)19-9-11-25(12-10-19)22(26)20-3-2-4-21(13-20)23(27)14-28-15-23/h2-8,13,16,19,27H,9-12,14-15H2,1H3. The molecule has 2 aromatic carbocycles. The van der Waals surface area contributed by atoms with Crippen LogP contribution in [0.2, 0.25) is 0 Å². The number of hydrogen-bond donors (Lipinski definition) is 1. The normalized spacial score (nSPS) is 20.5. The molecule has 0 aliphatic carbocycles. The second-order valence-electron chi connectivity index (χ2n) is 7.95. The topological polar surface area (TPSA) is 49.8 Å². The van der Waals surface area contributed by atoms with Crippen molar-refractivity contribution in [3.05, 3.63) is 70.8 Å². The number of ether oxygens (including phenoxy) is 1. The van der Waals surface area contributed by atoms with E-state index in [4.69, 9.17) is 4.74 Å². The third-order valence-corrected chi connectivity index (χ3v) is 5.98. The highest BCUT2D eigenvalue weighted by atomic mass is 19.1. The molecule has 148 valence electrons. The van der Waals surface area contributed by atoms with Crippen LogP contribution in [-0.4, -0.2) is 42.2 Å². The first-order valence-corrected chi connectivity index (χ1v) is 9.90. The Kier molecular flexibility index (Phi) is 5.21. The van der Waals surface area contributed by atoms with E-state index in [-0.39, 0.29) is 19.1 Å². The van der Waals surface area contributed by atoms with Crippen molar-refractivity contribution in [3.8, 4) is 0 Å². The van der Waals surface area contributed by atoms with Gasteiger partial charge in [0.25, 0.3) is 5.91 Å². The first-order valence-electron chi connectivity index (χ1n) is 9.90. The summed E-state index contributed by atoms with van der Waals surface area (Å²) in [6.07, 6.45) is 0.843. The van der Waals surface area contributed by atoms with E-state index in [1.165, 1.54) is 5.56 Å². The number of piperidine rings is 1. The number of carbonyl (C=O) groups excluding carboxylic acids is 1. The zero-order valence-corrected chi connectivity index (χ0v) is 16.1. The smallest absolute Gasteiger partial charge is 0.253 e. The molecule has 0 radical (unpaired) electrons. The number of alkyl halides is 1. The van der Waals surface area contributed by atoms with E-state index in [9.17, 15) is 14.3 Å². The molecule has 1 unspecified atom stereocenters. The number of aliphatic hydroxyl groups is 1. The van der Waals surface area contributed by atoms with E-state index in [1.807, 2.05) is 41.3 Å². The Balaban J connectivity index is 1.39. The van der Waals surface area contributed by atoms with Crippen molar-refractivity contribution in [1.82, 2.24) is 4.90 Å². The first-order chi connectivity index (χ1) is 13.5. The van der Waals surface area contributed by atoms with Gasteiger partial charge in [-0.3, -0.25) is 4.79 Å². The summed E-state index contributed by atoms with van der Waals surface area (Å²) in [6, 6.07) is 15.0. The fourth-order valence-corrected chi connectivity index (χ4v) is 4.04. The molecule has 2 aliphatic heterocycles. The summed E-state index contributed by atoms with van der Waals surface area (Å²) in [4.78, 5) is 14.8. The Morgan fingerprint density at radius 1 is 1.18 bits per heavy atom. The predicted octanol–water partition coefficient (Wildman–Crippen LogP) is 3.95. The van der Waals surface area contributed by atoms with Crippen molar-refractivity contribution in [2.24, 2.45) is 0 Å². The number of hydrogen-bond acceptors (Lipinski definition) is 3. The van der Waals surface area contributed by atoms with Gasteiger partial charge in [0, 0.05) is 18.7 Å². The number of benzene rings is 2. The molecule has 2 saturated heterocycles. The Morgan fingerprint density at radius 2 is 1.86 bits per heavy atom. The van der Waals surface area contributed by atoms with Gasteiger partial charge in [0.1, 0.15) is 11.8 Å². The zero-order valence-electron chi connectivity index (χ0n) is 16.1. The maximum Gasteiger partial charge on any atom is 0.253 e. The molecule has 4 rings (SSSR count). The lowest BCUT2D eigenvalue weighted by Crippen LogP contribution is -2.46. The second kappa shape index (κ2) is 7.64. The van der Waals surface area contributed by atoms with Crippen LogP contribution in [0.25, 0.3) is 0 Å². The van der Waals surface area contributed by atoms with Gasteiger partial charge in [0.2, 0.25) is 0 Å². The molecule has 1 atom stereocenters. The Hall–Kier alpha value is -2.24. The summed E-state index contributed by atoms with van der Waals surface area (Å²) in [5, 5.41) is 10.4. The van der Waals surface area contributed by atoms with Crippen LogP contribution in [-0.2, 0) is 10.3 Å². The highest BCUT2D eigenvalue weighted by molar-refractivity contribution is 5.94. The lowest BCUT2D eigenvalue weighted by atomic mass is 9.88. The van der Waals surface area contributed by atoms with Crippen LogP contribution in [0.3, 0.4) is 0 Å². The first kappa shape index (κ1) is 19.1. The molecule has 5 heteroatoms. The molecule has 1 N–H and O–H groups in total. The van der Waals surface area contributed by atoms with Gasteiger partial charge in [0.15, 0.2) is 0 Å². The van der Waals surface area contributed by atoms with E-state index in [0.717, 1.165) is 18.4 Å². The van der Waals surface area contributed by atoms with Gasteiger partial charge in [-0.05, 0) is 54.5 Å². The minimum Gasteiger partial charge on any atom is -0.380 e. The van der Waals surface area contributed by atoms with Gasteiger partial charge >= 0.3 is 0 Å². The third-order valence-electron chi connectivity index (χ3n) is 5.98. The Bertz CT molecular complexity index is 837. The summed E-state index contributed by atoms with van der Waals surface area (Å²) in [5.41, 5.74) is 2.30. The quantitative estimate of drug-likeness (QED) is 0.870. The molecule has 1 amide bonds. The van der Waals surface area contributed by atoms with Crippen LogP contribution in [0.15, 0.2) is 48.5 Å². The minimum absolute atomic E-state index is 0.00532. The predicted molar refractivity (Wildman–Crippen MR) is 105 cm³/mol. The molecule has 0 bridgehead atoms. The maximum absolute atomic E-state index is 13.4. The van der Waals surface area contributed by atoms with Crippen LogP contribution in [0, 0.1) is 0 Å². The Morgan fingerprint density at radius 3 is 2.43 bits per heavy atom. The molecule has 2 fully saturated rings. The summed E-state index contributed by atoms with van der Waals surface area (Å²) in [7, 11) is 0. The van der Waals surface area contributed by atoms with Crippen molar-refractivity contribution >= 4 is 5.91 Å². The number of nitrogens with zero attached hydrogens (tertiary/aromatic N) is 1. The molecule has 0 spiro atoms. The molecule has 2 heterocycles. The SMILES string of the molecule is CC(F)c1ccc(C2CCN(C(=O)c3cccc(C4(O)COC4)c3)CC2)cc1. The number of rotatable bonds is 4. The summed E-state index contributed by atoms with van der Waals surface area (Å²) < 4.78 is 18.5. The molecule has 28 heavy (non-hydrogen) atoms. The Labute approximate surface area is 164 Å². The van der Waals surface area contributed by atoms with Gasteiger partial charge in [-0.25, -0.2) is 4.39 Å². The van der Waals surface area contributed by atoms with Crippen LogP contribution in [0.4, 0.5) is 4.39 Å². The third kappa shape index (κ3) is 3.69. The van der Waals surface area contributed by atoms with Crippen molar-refractivity contribution < 1.29 is 19.0 Å². The molecule has 2 aromatic rings. The van der Waals surface area contributed by atoms with Crippen molar-refractivity contribution in [1.29, 1.82) is 0 Å². The number of halogens is 1. The lowest BCUT2D eigenvalue weighted by Gasteiger charge is -2.37. The highest BCUT2D eigenvalue weighted by Gasteiger charge is 2.38. The van der Waals surface area contributed by atoms with Crippen LogP contribution < -0.4 is 0 Å². The zero-order chi connectivity index (χ0) is 19.7. The van der Waals surface area contributed by atoms with Crippen LogP contribution in [0.5, 0.6) is 0 Å². The van der Waals surface area contributed by atoms with Crippen molar-refractivity contribution in [2.75, 3.05) is 26.3 Å². The van der Waals surface area contributed by atoms with Crippen LogP contribution in [0.1, 0.15) is 58.9 Å². The monoisotopic (exact) mass is 383 g/mol. The van der Waals surface area contributed by atoms with Gasteiger partial charge in [-0.2, -0.15) is 0 Å². The fourth-order valence-electron chi connectivity index (χ4n) is 4.04. The average Bonchev–Trinajstić information content (AvgIpc) is 2.72. The maximum atomic E-state index is 13.4. The van der Waals surface area contributed by atoms with Gasteiger partial charge in [-0.1, -0.05) is 36.4 Å². The van der Waals surface area contributed by atoms with Gasteiger partial charge in [-0.15, -0.1) is 0 Å². The molecular formula is C23H26FNO3. The molecular weight excluding hydrogens is 357 g/mol. The molecule has 4 nitrogen and oxygen atoms in total. The summed E-state index contributed by atoms with van der Waals surface area (Å²) in [5.74, 6) is 0.401. The summed E-state index contributed by atoms with van der Waals surface area (Å²) in [6.45, 7) is 3.49. The van der Waals surface area contributed by atoms with Crippen molar-refractivity contribution in [2.45, 2.75) is 37.5 Å². The molecule has 0 aromatic heterocycles. The largest absolute Gasteiger partial charge is 0.380 e. The van der Waals surface area contributed by atoms with E-state index in [2.05, 4.69) is 0 Å². The summed E-state index contributed by atoms with van der Waals surface area (Å²) >= 11 is 0.